The quantitative estimate of drug-likeness (QED) is 0.784. The summed E-state index contributed by atoms with van der Waals surface area (Å²) in [6.45, 7) is 8.77. The summed E-state index contributed by atoms with van der Waals surface area (Å²) in [5.41, 5.74) is 5.96. The highest BCUT2D eigenvalue weighted by Gasteiger charge is 2.31. The van der Waals surface area contributed by atoms with Crippen LogP contribution in [0.1, 0.15) is 40.5 Å². The largest absolute Gasteiger partial charge is 0.492 e. The molecule has 0 aromatic heterocycles. The molecule has 1 aromatic carbocycles. The van der Waals surface area contributed by atoms with Crippen molar-refractivity contribution in [1.29, 1.82) is 0 Å². The number of hydrogen-bond acceptors (Lipinski definition) is 5. The minimum Gasteiger partial charge on any atom is -0.492 e. The Balaban J connectivity index is 2.35. The average molecular weight is 384 g/mol. The van der Waals surface area contributed by atoms with Gasteiger partial charge in [0.15, 0.2) is 0 Å². The number of carbonyl (C=O) groups is 1. The summed E-state index contributed by atoms with van der Waals surface area (Å²) in [7, 11) is -3.67. The van der Waals surface area contributed by atoms with Crippen molar-refractivity contribution in [3.8, 4) is 5.75 Å². The van der Waals surface area contributed by atoms with Crippen LogP contribution in [0.4, 0.5) is 5.69 Å². The SMILES string of the molecule is CCOc1ccc(NC(=O)[C@@H](N)C(C)(C)C)cc1S(=O)(=O)N1CCCC1. The van der Waals surface area contributed by atoms with Crippen LogP contribution in [0.15, 0.2) is 23.1 Å². The first-order chi connectivity index (χ1) is 12.1. The monoisotopic (exact) mass is 383 g/mol. The minimum atomic E-state index is -3.67. The fourth-order valence-electron chi connectivity index (χ4n) is 2.74. The van der Waals surface area contributed by atoms with Gasteiger partial charge in [0.1, 0.15) is 10.6 Å². The van der Waals surface area contributed by atoms with Crippen LogP contribution in [0, 0.1) is 5.41 Å². The summed E-state index contributed by atoms with van der Waals surface area (Å²) in [4.78, 5) is 12.4. The summed E-state index contributed by atoms with van der Waals surface area (Å²) in [5.74, 6) is -0.0660. The Kier molecular flexibility index (Phi) is 6.31. The summed E-state index contributed by atoms with van der Waals surface area (Å²) in [6, 6.07) is 3.94. The highest BCUT2D eigenvalue weighted by molar-refractivity contribution is 7.89. The maximum atomic E-state index is 13.0. The summed E-state index contributed by atoms with van der Waals surface area (Å²) in [5, 5.41) is 2.72. The number of ether oxygens (including phenoxy) is 1. The van der Waals surface area contributed by atoms with Gasteiger partial charge in [0.25, 0.3) is 0 Å². The van der Waals surface area contributed by atoms with E-state index in [4.69, 9.17) is 10.5 Å². The summed E-state index contributed by atoms with van der Waals surface area (Å²) >= 11 is 0. The zero-order chi connectivity index (χ0) is 19.5. The number of carbonyl (C=O) groups excluding carboxylic acids is 1. The normalized spacial score (nSPS) is 17.1. The molecular formula is C18H29N3O4S. The van der Waals surface area contributed by atoms with Crippen molar-refractivity contribution in [2.75, 3.05) is 25.0 Å². The third kappa shape index (κ3) is 4.55. The first-order valence-electron chi connectivity index (χ1n) is 8.91. The van der Waals surface area contributed by atoms with Crippen LogP contribution < -0.4 is 15.8 Å². The van der Waals surface area contributed by atoms with Gasteiger partial charge in [-0.25, -0.2) is 8.42 Å². The predicted molar refractivity (Wildman–Crippen MR) is 102 cm³/mol. The van der Waals surface area contributed by atoms with Gasteiger partial charge in [0, 0.05) is 18.8 Å². The summed E-state index contributed by atoms with van der Waals surface area (Å²) in [6.07, 6.45) is 1.69. The smallest absolute Gasteiger partial charge is 0.246 e. The van der Waals surface area contributed by atoms with Crippen LogP contribution in [-0.4, -0.2) is 44.4 Å². The Morgan fingerprint density at radius 3 is 2.46 bits per heavy atom. The lowest BCUT2D eigenvalue weighted by molar-refractivity contribution is -0.119. The molecule has 1 atom stereocenters. The molecule has 1 fully saturated rings. The molecule has 8 heteroatoms. The van der Waals surface area contributed by atoms with Gasteiger partial charge in [-0.3, -0.25) is 4.79 Å². The standard InChI is InChI=1S/C18H29N3O4S/c1-5-25-14-9-8-13(20-17(22)16(19)18(2,3)4)12-15(14)26(23,24)21-10-6-7-11-21/h8-9,12,16H,5-7,10-11,19H2,1-4H3,(H,20,22)/t16-/m1/s1. The zero-order valence-corrected chi connectivity index (χ0v) is 16.7. The van der Waals surface area contributed by atoms with Crippen molar-refractivity contribution < 1.29 is 17.9 Å². The molecule has 2 rings (SSSR count). The molecule has 146 valence electrons. The van der Waals surface area contributed by atoms with Gasteiger partial charge in [-0.1, -0.05) is 20.8 Å². The van der Waals surface area contributed by atoms with Gasteiger partial charge in [0.05, 0.1) is 12.6 Å². The fourth-order valence-corrected chi connectivity index (χ4v) is 4.42. The zero-order valence-electron chi connectivity index (χ0n) is 15.9. The number of hydrogen-bond donors (Lipinski definition) is 2. The van der Waals surface area contributed by atoms with Gasteiger partial charge in [-0.05, 0) is 43.4 Å². The van der Waals surface area contributed by atoms with Crippen molar-refractivity contribution in [2.24, 2.45) is 11.1 Å². The van der Waals surface area contributed by atoms with Gasteiger partial charge in [-0.2, -0.15) is 4.31 Å². The number of sulfonamides is 1. The molecule has 7 nitrogen and oxygen atoms in total. The number of amides is 1. The molecule has 1 heterocycles. The van der Waals surface area contributed by atoms with E-state index < -0.39 is 21.5 Å². The molecule has 0 spiro atoms. The number of nitrogens with one attached hydrogen (secondary N) is 1. The third-order valence-electron chi connectivity index (χ3n) is 4.41. The van der Waals surface area contributed by atoms with Crippen LogP contribution in [-0.2, 0) is 14.8 Å². The van der Waals surface area contributed by atoms with E-state index in [1.165, 1.54) is 10.4 Å². The molecule has 1 saturated heterocycles. The highest BCUT2D eigenvalue weighted by atomic mass is 32.2. The first-order valence-corrected chi connectivity index (χ1v) is 10.3. The second kappa shape index (κ2) is 7.94. The second-order valence-corrected chi connectivity index (χ2v) is 9.45. The molecule has 0 saturated carbocycles. The molecule has 1 aliphatic rings. The number of nitrogens with zero attached hydrogens (tertiary/aromatic N) is 1. The average Bonchev–Trinajstić information content (AvgIpc) is 3.10. The molecule has 0 aliphatic carbocycles. The lowest BCUT2D eigenvalue weighted by Gasteiger charge is -2.26. The molecule has 1 aliphatic heterocycles. The van der Waals surface area contributed by atoms with Crippen molar-refractivity contribution >= 4 is 21.6 Å². The molecule has 26 heavy (non-hydrogen) atoms. The number of anilines is 1. The lowest BCUT2D eigenvalue weighted by Crippen LogP contribution is -2.45. The van der Waals surface area contributed by atoms with Gasteiger partial charge in [-0.15, -0.1) is 0 Å². The van der Waals surface area contributed by atoms with E-state index in [0.717, 1.165) is 12.8 Å². The van der Waals surface area contributed by atoms with E-state index in [9.17, 15) is 13.2 Å². The van der Waals surface area contributed by atoms with E-state index >= 15 is 0 Å². The molecular weight excluding hydrogens is 354 g/mol. The third-order valence-corrected chi connectivity index (χ3v) is 6.33. The lowest BCUT2D eigenvalue weighted by atomic mass is 9.87. The molecule has 0 bridgehead atoms. The van der Waals surface area contributed by atoms with E-state index in [2.05, 4.69) is 5.32 Å². The van der Waals surface area contributed by atoms with Gasteiger partial charge in [0.2, 0.25) is 15.9 Å². The van der Waals surface area contributed by atoms with Gasteiger partial charge >= 0.3 is 0 Å². The molecule has 3 N–H and O–H groups in total. The van der Waals surface area contributed by atoms with Crippen LogP contribution in [0.5, 0.6) is 5.75 Å². The number of nitrogens with two attached hydrogens (primary N) is 1. The van der Waals surface area contributed by atoms with Crippen LogP contribution >= 0.6 is 0 Å². The van der Waals surface area contributed by atoms with Gasteiger partial charge < -0.3 is 15.8 Å². The van der Waals surface area contributed by atoms with E-state index in [0.29, 0.717) is 25.4 Å². The van der Waals surface area contributed by atoms with Crippen LogP contribution in [0.2, 0.25) is 0 Å². The van der Waals surface area contributed by atoms with Crippen molar-refractivity contribution in [2.45, 2.75) is 51.5 Å². The Morgan fingerprint density at radius 2 is 1.92 bits per heavy atom. The Labute approximate surface area is 155 Å². The Morgan fingerprint density at radius 1 is 1.31 bits per heavy atom. The van der Waals surface area contributed by atoms with Crippen molar-refractivity contribution in [3.63, 3.8) is 0 Å². The van der Waals surface area contributed by atoms with Crippen LogP contribution in [0.25, 0.3) is 0 Å². The predicted octanol–water partition coefficient (Wildman–Crippen LogP) is 2.18. The number of benzene rings is 1. The van der Waals surface area contributed by atoms with Crippen molar-refractivity contribution in [3.05, 3.63) is 18.2 Å². The molecule has 0 radical (unpaired) electrons. The summed E-state index contributed by atoms with van der Waals surface area (Å²) < 4.78 is 32.9. The minimum absolute atomic E-state index is 0.0726. The van der Waals surface area contributed by atoms with E-state index in [1.54, 1.807) is 19.1 Å². The second-order valence-electron chi connectivity index (χ2n) is 7.54. The van der Waals surface area contributed by atoms with E-state index in [-0.39, 0.29) is 16.6 Å². The Bertz CT molecular complexity index is 750. The van der Waals surface area contributed by atoms with Crippen LogP contribution in [0.3, 0.4) is 0 Å². The molecule has 1 amide bonds. The highest BCUT2D eigenvalue weighted by Crippen LogP contribution is 2.32. The maximum absolute atomic E-state index is 13.0. The maximum Gasteiger partial charge on any atom is 0.246 e. The topological polar surface area (TPSA) is 102 Å². The fraction of sp³-hybridized carbons (Fsp3) is 0.611. The number of rotatable bonds is 6. The van der Waals surface area contributed by atoms with E-state index in [1.807, 2.05) is 20.8 Å². The first kappa shape index (κ1) is 20.7. The molecule has 0 unspecified atom stereocenters. The van der Waals surface area contributed by atoms with Crippen molar-refractivity contribution in [1.82, 2.24) is 4.31 Å². The molecule has 1 aromatic rings. The Hall–Kier alpha value is -1.64.